The van der Waals surface area contributed by atoms with Crippen molar-refractivity contribution in [2.24, 2.45) is 0 Å². The van der Waals surface area contributed by atoms with Crippen molar-refractivity contribution in [3.05, 3.63) is 45.6 Å². The summed E-state index contributed by atoms with van der Waals surface area (Å²) in [7, 11) is 0. The number of ether oxygens (including phenoxy) is 1. The smallest absolute Gasteiger partial charge is 0.308 e. The number of fused-ring (bicyclic) bond motifs is 1. The summed E-state index contributed by atoms with van der Waals surface area (Å²) in [4.78, 5) is 27.4. The van der Waals surface area contributed by atoms with Gasteiger partial charge in [0.15, 0.2) is 0 Å². The van der Waals surface area contributed by atoms with Gasteiger partial charge in [0.05, 0.1) is 22.2 Å². The zero-order chi connectivity index (χ0) is 14.1. The van der Waals surface area contributed by atoms with E-state index in [-0.39, 0.29) is 5.43 Å². The van der Waals surface area contributed by atoms with Gasteiger partial charge in [-0.1, -0.05) is 0 Å². The molecule has 2 aromatic heterocycles. The molecule has 20 heavy (non-hydrogen) atoms. The normalized spacial score (nSPS) is 10.7. The van der Waals surface area contributed by atoms with E-state index in [4.69, 9.17) is 9.15 Å². The van der Waals surface area contributed by atoms with Crippen LogP contribution in [0.1, 0.15) is 6.92 Å². The van der Waals surface area contributed by atoms with Crippen LogP contribution >= 0.6 is 11.3 Å². The van der Waals surface area contributed by atoms with Gasteiger partial charge in [0.25, 0.3) is 0 Å². The van der Waals surface area contributed by atoms with Gasteiger partial charge in [-0.05, 0) is 12.1 Å². The number of aromatic nitrogens is 1. The van der Waals surface area contributed by atoms with Crippen molar-refractivity contribution in [3.63, 3.8) is 0 Å². The fraction of sp³-hybridized carbons (Fsp3) is 0.0714. The Balaban J connectivity index is 2.15. The number of carbonyl (C=O) groups excluding carboxylic acids is 1. The first-order chi connectivity index (χ1) is 9.65. The quantitative estimate of drug-likeness (QED) is 0.535. The molecule has 0 amide bonds. The number of carbonyl (C=O) groups is 1. The molecule has 1 aromatic carbocycles. The lowest BCUT2D eigenvalue weighted by Crippen LogP contribution is -2.06. The van der Waals surface area contributed by atoms with Crippen LogP contribution in [0.15, 0.2) is 44.6 Å². The molecule has 0 atom stereocenters. The molecule has 0 aliphatic rings. The van der Waals surface area contributed by atoms with Gasteiger partial charge in [0.2, 0.25) is 5.43 Å². The van der Waals surface area contributed by atoms with E-state index >= 15 is 0 Å². The molecule has 5 nitrogen and oxygen atoms in total. The van der Waals surface area contributed by atoms with Crippen molar-refractivity contribution < 1.29 is 13.9 Å². The Hall–Kier alpha value is -2.47. The summed E-state index contributed by atoms with van der Waals surface area (Å²) < 4.78 is 10.4. The molecule has 100 valence electrons. The highest BCUT2D eigenvalue weighted by atomic mass is 32.1. The molecule has 0 unspecified atom stereocenters. The zero-order valence-electron chi connectivity index (χ0n) is 10.5. The number of rotatable bonds is 2. The molecule has 0 spiro atoms. The first kappa shape index (κ1) is 12.6. The second-order valence-electron chi connectivity index (χ2n) is 4.10. The molecule has 0 saturated carbocycles. The SMILES string of the molecule is CC(=O)Oc1ccc2c(=O)c(-c3cscn3)coc2c1. The van der Waals surface area contributed by atoms with Crippen LogP contribution in [0.5, 0.6) is 5.75 Å². The average molecular weight is 287 g/mol. The Bertz CT molecular complexity index is 836. The van der Waals surface area contributed by atoms with Crippen LogP contribution in [-0.2, 0) is 4.79 Å². The highest BCUT2D eigenvalue weighted by Gasteiger charge is 2.11. The van der Waals surface area contributed by atoms with Gasteiger partial charge in [-0.15, -0.1) is 11.3 Å². The number of benzene rings is 1. The standard InChI is InChI=1S/C14H9NO4S/c1-8(16)19-9-2-3-10-13(4-9)18-5-11(14(10)17)12-6-20-7-15-12/h2-7H,1H3. The van der Waals surface area contributed by atoms with E-state index in [1.165, 1.54) is 30.6 Å². The molecule has 0 N–H and O–H groups in total. The van der Waals surface area contributed by atoms with Crippen molar-refractivity contribution in [1.29, 1.82) is 0 Å². The summed E-state index contributed by atoms with van der Waals surface area (Å²) >= 11 is 1.41. The maximum absolute atomic E-state index is 12.4. The lowest BCUT2D eigenvalue weighted by atomic mass is 10.1. The molecular weight excluding hydrogens is 278 g/mol. The van der Waals surface area contributed by atoms with E-state index in [1.807, 2.05) is 0 Å². The van der Waals surface area contributed by atoms with Crippen molar-refractivity contribution in [1.82, 2.24) is 4.98 Å². The summed E-state index contributed by atoms with van der Waals surface area (Å²) in [6.07, 6.45) is 1.37. The van der Waals surface area contributed by atoms with Gasteiger partial charge in [-0.3, -0.25) is 9.59 Å². The van der Waals surface area contributed by atoms with Crippen molar-refractivity contribution in [3.8, 4) is 17.0 Å². The largest absolute Gasteiger partial charge is 0.463 e. The third kappa shape index (κ3) is 2.21. The fourth-order valence-electron chi connectivity index (χ4n) is 1.86. The zero-order valence-corrected chi connectivity index (χ0v) is 11.3. The Morgan fingerprint density at radius 1 is 1.40 bits per heavy atom. The van der Waals surface area contributed by atoms with Crippen LogP contribution in [-0.4, -0.2) is 11.0 Å². The van der Waals surface area contributed by atoms with E-state index in [0.717, 1.165) is 0 Å². The highest BCUT2D eigenvalue weighted by molar-refractivity contribution is 7.07. The Kier molecular flexibility index (Phi) is 3.08. The van der Waals surface area contributed by atoms with Gasteiger partial charge in [0.1, 0.15) is 17.6 Å². The van der Waals surface area contributed by atoms with Crippen molar-refractivity contribution in [2.75, 3.05) is 0 Å². The molecule has 3 rings (SSSR count). The Morgan fingerprint density at radius 2 is 2.25 bits per heavy atom. The summed E-state index contributed by atoms with van der Waals surface area (Å²) in [6.45, 7) is 1.31. The minimum Gasteiger partial charge on any atom is -0.463 e. The van der Waals surface area contributed by atoms with Crippen LogP contribution in [0.2, 0.25) is 0 Å². The average Bonchev–Trinajstić information content (AvgIpc) is 2.92. The van der Waals surface area contributed by atoms with E-state index in [1.54, 1.807) is 23.0 Å². The number of hydrogen-bond donors (Lipinski definition) is 0. The Morgan fingerprint density at radius 3 is 2.95 bits per heavy atom. The van der Waals surface area contributed by atoms with Crippen LogP contribution in [0.3, 0.4) is 0 Å². The van der Waals surface area contributed by atoms with Crippen LogP contribution in [0.25, 0.3) is 22.2 Å². The third-order valence-electron chi connectivity index (χ3n) is 2.72. The molecule has 0 fully saturated rings. The monoisotopic (exact) mass is 287 g/mol. The second-order valence-corrected chi connectivity index (χ2v) is 4.82. The summed E-state index contributed by atoms with van der Waals surface area (Å²) in [5, 5.41) is 2.21. The number of esters is 1. The molecule has 0 aliphatic carbocycles. The Labute approximate surface area is 117 Å². The van der Waals surface area contributed by atoms with Gasteiger partial charge in [0, 0.05) is 18.4 Å². The fourth-order valence-corrected chi connectivity index (χ4v) is 2.41. The van der Waals surface area contributed by atoms with Crippen molar-refractivity contribution in [2.45, 2.75) is 6.92 Å². The predicted octanol–water partition coefficient (Wildman–Crippen LogP) is 2.84. The summed E-state index contributed by atoms with van der Waals surface area (Å²) in [5.41, 5.74) is 2.87. The molecule has 0 bridgehead atoms. The predicted molar refractivity (Wildman–Crippen MR) is 74.9 cm³/mol. The highest BCUT2D eigenvalue weighted by Crippen LogP contribution is 2.23. The van der Waals surface area contributed by atoms with Crippen molar-refractivity contribution >= 4 is 28.3 Å². The first-order valence-corrected chi connectivity index (χ1v) is 6.72. The maximum atomic E-state index is 12.4. The van der Waals surface area contributed by atoms with E-state index in [2.05, 4.69) is 4.98 Å². The van der Waals surface area contributed by atoms with Crippen LogP contribution in [0, 0.1) is 0 Å². The van der Waals surface area contributed by atoms with E-state index in [0.29, 0.717) is 28.0 Å². The maximum Gasteiger partial charge on any atom is 0.308 e. The van der Waals surface area contributed by atoms with Crippen LogP contribution in [0.4, 0.5) is 0 Å². The lowest BCUT2D eigenvalue weighted by Gasteiger charge is -2.03. The molecule has 0 aliphatic heterocycles. The van der Waals surface area contributed by atoms with Gasteiger partial charge >= 0.3 is 5.97 Å². The summed E-state index contributed by atoms with van der Waals surface area (Å²) in [5.74, 6) is -0.0830. The minimum absolute atomic E-state index is 0.161. The lowest BCUT2D eigenvalue weighted by molar-refractivity contribution is -0.131. The number of thiazole rings is 1. The van der Waals surface area contributed by atoms with E-state index < -0.39 is 5.97 Å². The molecule has 2 heterocycles. The first-order valence-electron chi connectivity index (χ1n) is 5.77. The second kappa shape index (κ2) is 4.90. The van der Waals surface area contributed by atoms with Crippen LogP contribution < -0.4 is 10.2 Å². The molecule has 3 aromatic rings. The van der Waals surface area contributed by atoms with Gasteiger partial charge < -0.3 is 9.15 Å². The van der Waals surface area contributed by atoms with E-state index in [9.17, 15) is 9.59 Å². The topological polar surface area (TPSA) is 69.4 Å². The molecule has 0 saturated heterocycles. The number of hydrogen-bond acceptors (Lipinski definition) is 6. The minimum atomic E-state index is -0.425. The molecule has 0 radical (unpaired) electrons. The number of nitrogens with zero attached hydrogens (tertiary/aromatic N) is 1. The molecule has 6 heteroatoms. The summed E-state index contributed by atoms with van der Waals surface area (Å²) in [6, 6.07) is 4.66. The van der Waals surface area contributed by atoms with Gasteiger partial charge in [-0.2, -0.15) is 0 Å². The third-order valence-corrected chi connectivity index (χ3v) is 3.30. The van der Waals surface area contributed by atoms with Gasteiger partial charge in [-0.25, -0.2) is 4.98 Å². The molecular formula is C14H9NO4S.